The summed E-state index contributed by atoms with van der Waals surface area (Å²) in [6, 6.07) is 72.5. The highest BCUT2D eigenvalue weighted by Crippen LogP contribution is 2.48. The Kier molecular flexibility index (Phi) is 6.86. The summed E-state index contributed by atoms with van der Waals surface area (Å²) >= 11 is 3.88. The van der Waals surface area contributed by atoms with E-state index in [-0.39, 0.29) is 0 Å². The first-order valence-electron chi connectivity index (χ1n) is 19.9. The van der Waals surface area contributed by atoms with Gasteiger partial charge < -0.3 is 0 Å². The second-order valence-corrected chi connectivity index (χ2v) is 17.6. The molecule has 0 nitrogen and oxygen atoms in total. The van der Waals surface area contributed by atoms with Gasteiger partial charge >= 0.3 is 0 Å². The van der Waals surface area contributed by atoms with E-state index in [0.29, 0.717) is 0 Å². The van der Waals surface area contributed by atoms with Crippen molar-refractivity contribution >= 4 is 117 Å². The van der Waals surface area contributed by atoms with Gasteiger partial charge in [0.05, 0.1) is 9.40 Å². The molecular weight excluding hydrogens is 737 g/mol. The van der Waals surface area contributed by atoms with E-state index in [9.17, 15) is 0 Å². The molecule has 0 fully saturated rings. The second-order valence-electron chi connectivity index (χ2n) is 15.5. The predicted molar refractivity (Wildman–Crippen MR) is 256 cm³/mol. The fourth-order valence-corrected chi connectivity index (χ4v) is 12.4. The maximum atomic E-state index is 2.40. The minimum Gasteiger partial charge on any atom is -0.134 e. The van der Waals surface area contributed by atoms with Gasteiger partial charge in [-0.2, -0.15) is 0 Å². The first-order chi connectivity index (χ1) is 28.7. The highest BCUT2D eigenvalue weighted by molar-refractivity contribution is 7.34. The van der Waals surface area contributed by atoms with Crippen molar-refractivity contribution in [2.24, 2.45) is 0 Å². The number of hydrogen-bond acceptors (Lipinski definition) is 2. The van der Waals surface area contributed by atoms with Gasteiger partial charge in [0.25, 0.3) is 0 Å². The average molecular weight is 769 g/mol. The summed E-state index contributed by atoms with van der Waals surface area (Å²) in [7, 11) is 0. The molecule has 0 saturated carbocycles. The maximum Gasteiger partial charge on any atom is 0.0534 e. The quantitative estimate of drug-likeness (QED) is 0.157. The Labute approximate surface area is 342 Å². The van der Waals surface area contributed by atoms with Gasteiger partial charge in [-0.1, -0.05) is 176 Å². The summed E-state index contributed by atoms with van der Waals surface area (Å²) in [4.78, 5) is 0. The molecule has 2 heterocycles. The molecule has 2 heteroatoms. The minimum absolute atomic E-state index is 1.24. The third-order valence-corrected chi connectivity index (χ3v) is 15.0. The molecular formula is C56H32S2. The monoisotopic (exact) mass is 768 g/mol. The fourth-order valence-electron chi connectivity index (χ4n) is 9.73. The fraction of sp³-hybridized carbons (Fsp3) is 0. The molecule has 0 radical (unpaired) electrons. The van der Waals surface area contributed by atoms with E-state index in [1.807, 2.05) is 22.7 Å². The van der Waals surface area contributed by atoms with Crippen LogP contribution in [-0.4, -0.2) is 0 Å². The van der Waals surface area contributed by atoms with Crippen molar-refractivity contribution in [3.05, 3.63) is 194 Å². The molecule has 13 rings (SSSR count). The van der Waals surface area contributed by atoms with Crippen LogP contribution in [-0.2, 0) is 0 Å². The Morgan fingerprint density at radius 3 is 1.45 bits per heavy atom. The van der Waals surface area contributed by atoms with Gasteiger partial charge in [0.1, 0.15) is 0 Å². The molecule has 0 saturated heterocycles. The van der Waals surface area contributed by atoms with Gasteiger partial charge in [-0.05, 0) is 105 Å². The third-order valence-electron chi connectivity index (χ3n) is 12.4. The van der Waals surface area contributed by atoms with Crippen LogP contribution in [0.3, 0.4) is 0 Å². The first-order valence-corrected chi connectivity index (χ1v) is 21.5. The SMILES string of the molecule is c1ccc2c(-c3c4ccccc4c(-c4ccc5cc(-c6ccc7c(c6)sc6c7ccc7c8ccc9ccccc9c8sc76)ccc5c4)c4ccccc34)cccc2c1. The first kappa shape index (κ1) is 32.3. The van der Waals surface area contributed by atoms with E-state index in [4.69, 9.17) is 0 Å². The molecule has 0 bridgehead atoms. The van der Waals surface area contributed by atoms with Crippen LogP contribution >= 0.6 is 22.7 Å². The second kappa shape index (κ2) is 12.3. The van der Waals surface area contributed by atoms with Gasteiger partial charge in [-0.15, -0.1) is 22.7 Å². The normalized spacial score (nSPS) is 12.1. The number of benzene rings is 11. The van der Waals surface area contributed by atoms with Crippen LogP contribution < -0.4 is 0 Å². The molecule has 13 aromatic rings. The van der Waals surface area contributed by atoms with Crippen LogP contribution in [0.5, 0.6) is 0 Å². The van der Waals surface area contributed by atoms with E-state index >= 15 is 0 Å². The molecule has 0 aliphatic heterocycles. The highest BCUT2D eigenvalue weighted by atomic mass is 32.1. The lowest BCUT2D eigenvalue weighted by Gasteiger charge is -2.19. The highest BCUT2D eigenvalue weighted by Gasteiger charge is 2.19. The van der Waals surface area contributed by atoms with E-state index < -0.39 is 0 Å². The summed E-state index contributed by atoms with van der Waals surface area (Å²) in [5, 5.41) is 18.2. The van der Waals surface area contributed by atoms with Gasteiger partial charge in [-0.3, -0.25) is 0 Å². The van der Waals surface area contributed by atoms with Gasteiger partial charge in [0, 0.05) is 30.9 Å². The minimum atomic E-state index is 1.24. The van der Waals surface area contributed by atoms with Crippen molar-refractivity contribution in [3.63, 3.8) is 0 Å². The van der Waals surface area contributed by atoms with Crippen LogP contribution in [0.2, 0.25) is 0 Å². The Hall–Kier alpha value is -6.84. The summed E-state index contributed by atoms with van der Waals surface area (Å²) in [6.45, 7) is 0. The molecule has 0 unspecified atom stereocenters. The largest absolute Gasteiger partial charge is 0.134 e. The Morgan fingerprint density at radius 2 is 0.707 bits per heavy atom. The topological polar surface area (TPSA) is 0 Å². The van der Waals surface area contributed by atoms with Crippen LogP contribution in [0.15, 0.2) is 194 Å². The van der Waals surface area contributed by atoms with E-state index in [0.717, 1.165) is 0 Å². The summed E-state index contributed by atoms with van der Waals surface area (Å²) in [5.41, 5.74) is 7.60. The molecule has 0 amide bonds. The van der Waals surface area contributed by atoms with Gasteiger partial charge in [0.15, 0.2) is 0 Å². The number of fused-ring (bicyclic) bond motifs is 13. The molecule has 268 valence electrons. The van der Waals surface area contributed by atoms with Crippen molar-refractivity contribution in [1.29, 1.82) is 0 Å². The number of thiophene rings is 2. The van der Waals surface area contributed by atoms with Crippen LogP contribution in [0.1, 0.15) is 0 Å². The molecule has 58 heavy (non-hydrogen) atoms. The molecule has 0 spiro atoms. The lowest BCUT2D eigenvalue weighted by atomic mass is 9.84. The number of hydrogen-bond donors (Lipinski definition) is 0. The lowest BCUT2D eigenvalue weighted by molar-refractivity contribution is 1.67. The molecule has 0 N–H and O–H groups in total. The molecule has 0 atom stereocenters. The Morgan fingerprint density at radius 1 is 0.241 bits per heavy atom. The van der Waals surface area contributed by atoms with E-state index in [1.54, 1.807) is 0 Å². The molecule has 2 aromatic heterocycles. The van der Waals surface area contributed by atoms with Crippen LogP contribution in [0.25, 0.3) is 128 Å². The summed E-state index contributed by atoms with van der Waals surface area (Å²) in [5.74, 6) is 0. The van der Waals surface area contributed by atoms with Crippen LogP contribution in [0.4, 0.5) is 0 Å². The maximum absolute atomic E-state index is 2.40. The predicted octanol–water partition coefficient (Wildman–Crippen LogP) is 17.2. The zero-order chi connectivity index (χ0) is 37.9. The molecule has 11 aromatic carbocycles. The van der Waals surface area contributed by atoms with Gasteiger partial charge in [0.2, 0.25) is 0 Å². The van der Waals surface area contributed by atoms with Crippen molar-refractivity contribution in [2.45, 2.75) is 0 Å². The van der Waals surface area contributed by atoms with Crippen molar-refractivity contribution in [3.8, 4) is 33.4 Å². The Balaban J connectivity index is 0.932. The van der Waals surface area contributed by atoms with E-state index in [1.165, 1.54) is 128 Å². The molecule has 0 aliphatic carbocycles. The number of rotatable bonds is 3. The Bertz CT molecular complexity index is 3800. The van der Waals surface area contributed by atoms with Crippen molar-refractivity contribution < 1.29 is 0 Å². The molecule has 0 aliphatic rings. The van der Waals surface area contributed by atoms with Crippen molar-refractivity contribution in [1.82, 2.24) is 0 Å². The van der Waals surface area contributed by atoms with Crippen molar-refractivity contribution in [2.75, 3.05) is 0 Å². The third kappa shape index (κ3) is 4.68. The van der Waals surface area contributed by atoms with Gasteiger partial charge in [-0.25, -0.2) is 0 Å². The zero-order valence-electron chi connectivity index (χ0n) is 31.3. The smallest absolute Gasteiger partial charge is 0.0534 e. The van der Waals surface area contributed by atoms with E-state index in [2.05, 4.69) is 194 Å². The lowest BCUT2D eigenvalue weighted by Crippen LogP contribution is -1.91. The zero-order valence-corrected chi connectivity index (χ0v) is 32.9. The van der Waals surface area contributed by atoms with Crippen LogP contribution in [0, 0.1) is 0 Å². The standard InChI is InChI=1S/C56H32S2/c1-3-13-40-33(10-1)12-9-19-43(40)53-46-17-7-5-15-44(46)52(45-16-6-8-18-47(45)53)39-23-22-35-30-36(20-21-37(35)31-39)38-25-26-42-48-28-29-50-49-27-24-34-11-2-4-14-41(34)54(49)58-56(50)55(48)57-51(42)32-38/h1-32H. The summed E-state index contributed by atoms with van der Waals surface area (Å²) < 4.78 is 5.52. The summed E-state index contributed by atoms with van der Waals surface area (Å²) in [6.07, 6.45) is 0. The average Bonchev–Trinajstić information content (AvgIpc) is 3.86.